The van der Waals surface area contributed by atoms with Gasteiger partial charge in [0.25, 0.3) is 5.91 Å². The zero-order chi connectivity index (χ0) is 16.1. The fourth-order valence-corrected chi connectivity index (χ4v) is 2.28. The highest BCUT2D eigenvalue weighted by atomic mass is 19.1. The van der Waals surface area contributed by atoms with E-state index in [-0.39, 0.29) is 11.5 Å². The standard InChI is InChI=1S/C18H14FN3O/c19-16-12-14(9-11-21-16)18(23)22-17(13-6-2-1-3-7-13)15-8-4-5-10-20-15/h1-12,17H,(H,22,23)/t17-/m1/s1. The number of amides is 1. The highest BCUT2D eigenvalue weighted by molar-refractivity contribution is 5.94. The molecule has 0 aliphatic carbocycles. The summed E-state index contributed by atoms with van der Waals surface area (Å²) in [4.78, 5) is 20.2. The number of carbonyl (C=O) groups is 1. The summed E-state index contributed by atoms with van der Waals surface area (Å²) in [7, 11) is 0. The monoisotopic (exact) mass is 307 g/mol. The van der Waals surface area contributed by atoms with Gasteiger partial charge in [-0.3, -0.25) is 9.78 Å². The van der Waals surface area contributed by atoms with Crippen molar-refractivity contribution in [1.82, 2.24) is 15.3 Å². The Kier molecular flexibility index (Phi) is 4.38. The van der Waals surface area contributed by atoms with E-state index in [1.807, 2.05) is 48.5 Å². The molecule has 5 heteroatoms. The lowest BCUT2D eigenvalue weighted by Crippen LogP contribution is -2.30. The lowest BCUT2D eigenvalue weighted by Gasteiger charge is -2.19. The predicted octanol–water partition coefficient (Wildman–Crippen LogP) is 3.14. The molecule has 0 fully saturated rings. The van der Waals surface area contributed by atoms with E-state index in [2.05, 4.69) is 15.3 Å². The normalized spacial score (nSPS) is 11.7. The summed E-state index contributed by atoms with van der Waals surface area (Å²) < 4.78 is 13.2. The molecule has 1 aromatic carbocycles. The van der Waals surface area contributed by atoms with E-state index in [9.17, 15) is 9.18 Å². The van der Waals surface area contributed by atoms with Gasteiger partial charge in [0.05, 0.1) is 11.7 Å². The van der Waals surface area contributed by atoms with Crippen molar-refractivity contribution in [2.45, 2.75) is 6.04 Å². The Hall–Kier alpha value is -3.08. The van der Waals surface area contributed by atoms with Crippen LogP contribution in [0.4, 0.5) is 4.39 Å². The summed E-state index contributed by atoms with van der Waals surface area (Å²) in [6.07, 6.45) is 2.94. The molecule has 0 aliphatic heterocycles. The number of hydrogen-bond acceptors (Lipinski definition) is 3. The molecular formula is C18H14FN3O. The summed E-state index contributed by atoms with van der Waals surface area (Å²) in [6.45, 7) is 0. The van der Waals surface area contributed by atoms with Crippen LogP contribution in [0.15, 0.2) is 73.1 Å². The molecule has 4 nitrogen and oxygen atoms in total. The van der Waals surface area contributed by atoms with Crippen LogP contribution in [0.5, 0.6) is 0 Å². The van der Waals surface area contributed by atoms with E-state index >= 15 is 0 Å². The zero-order valence-corrected chi connectivity index (χ0v) is 12.2. The number of carbonyl (C=O) groups excluding carboxylic acids is 1. The minimum absolute atomic E-state index is 0.217. The molecule has 0 radical (unpaired) electrons. The second kappa shape index (κ2) is 6.79. The third-order valence-corrected chi connectivity index (χ3v) is 3.38. The van der Waals surface area contributed by atoms with Gasteiger partial charge in [-0.05, 0) is 23.8 Å². The average Bonchev–Trinajstić information content (AvgIpc) is 2.61. The molecule has 0 spiro atoms. The van der Waals surface area contributed by atoms with E-state index in [4.69, 9.17) is 0 Å². The number of rotatable bonds is 4. The second-order valence-electron chi connectivity index (χ2n) is 4.94. The van der Waals surface area contributed by atoms with Gasteiger partial charge in [0.15, 0.2) is 0 Å². The van der Waals surface area contributed by atoms with Gasteiger partial charge in [-0.15, -0.1) is 0 Å². The molecule has 0 saturated carbocycles. The van der Waals surface area contributed by atoms with Crippen LogP contribution in [0.3, 0.4) is 0 Å². The maximum absolute atomic E-state index is 13.2. The number of aromatic nitrogens is 2. The Morgan fingerprint density at radius 3 is 2.43 bits per heavy atom. The first-order valence-electron chi connectivity index (χ1n) is 7.12. The Labute approximate surface area is 133 Å². The molecule has 0 unspecified atom stereocenters. The first kappa shape index (κ1) is 14.8. The van der Waals surface area contributed by atoms with Gasteiger partial charge in [-0.2, -0.15) is 4.39 Å². The lowest BCUT2D eigenvalue weighted by atomic mass is 10.0. The molecule has 3 rings (SSSR count). The number of pyridine rings is 2. The minimum atomic E-state index is -0.688. The second-order valence-corrected chi connectivity index (χ2v) is 4.94. The molecule has 0 saturated heterocycles. The highest BCUT2D eigenvalue weighted by Gasteiger charge is 2.19. The number of benzene rings is 1. The number of halogens is 1. The van der Waals surface area contributed by atoms with Gasteiger partial charge >= 0.3 is 0 Å². The van der Waals surface area contributed by atoms with Gasteiger partial charge in [0.1, 0.15) is 0 Å². The lowest BCUT2D eigenvalue weighted by molar-refractivity contribution is 0.0941. The molecular weight excluding hydrogens is 293 g/mol. The number of nitrogens with zero attached hydrogens (tertiary/aromatic N) is 2. The van der Waals surface area contributed by atoms with Gasteiger partial charge in [0, 0.05) is 24.0 Å². The molecule has 2 aromatic heterocycles. The maximum Gasteiger partial charge on any atom is 0.252 e. The zero-order valence-electron chi connectivity index (χ0n) is 12.2. The van der Waals surface area contributed by atoms with E-state index in [1.165, 1.54) is 12.3 Å². The van der Waals surface area contributed by atoms with Crippen molar-refractivity contribution in [1.29, 1.82) is 0 Å². The van der Waals surface area contributed by atoms with Crippen molar-refractivity contribution >= 4 is 5.91 Å². The van der Waals surface area contributed by atoms with Crippen LogP contribution in [-0.2, 0) is 0 Å². The predicted molar refractivity (Wildman–Crippen MR) is 84.2 cm³/mol. The molecule has 3 aromatic rings. The maximum atomic E-state index is 13.2. The van der Waals surface area contributed by atoms with Crippen molar-refractivity contribution in [2.24, 2.45) is 0 Å². The van der Waals surface area contributed by atoms with Crippen molar-refractivity contribution in [3.05, 3.63) is 95.8 Å². The van der Waals surface area contributed by atoms with Gasteiger partial charge < -0.3 is 5.32 Å². The van der Waals surface area contributed by atoms with E-state index in [1.54, 1.807) is 6.20 Å². The van der Waals surface area contributed by atoms with Crippen LogP contribution in [0.2, 0.25) is 0 Å². The van der Waals surface area contributed by atoms with E-state index < -0.39 is 12.0 Å². The van der Waals surface area contributed by atoms with Crippen molar-refractivity contribution in [2.75, 3.05) is 0 Å². The molecule has 23 heavy (non-hydrogen) atoms. The van der Waals surface area contributed by atoms with Crippen molar-refractivity contribution in [3.8, 4) is 0 Å². The smallest absolute Gasteiger partial charge is 0.252 e. The molecule has 1 N–H and O–H groups in total. The Morgan fingerprint density at radius 1 is 0.957 bits per heavy atom. The summed E-state index contributed by atoms with van der Waals surface area (Å²) in [5, 5.41) is 2.90. The van der Waals surface area contributed by atoms with Crippen molar-refractivity contribution < 1.29 is 9.18 Å². The third kappa shape index (κ3) is 3.58. The largest absolute Gasteiger partial charge is 0.340 e. The van der Waals surface area contributed by atoms with E-state index in [0.29, 0.717) is 5.69 Å². The van der Waals surface area contributed by atoms with Crippen LogP contribution in [0.1, 0.15) is 27.7 Å². The highest BCUT2D eigenvalue weighted by Crippen LogP contribution is 2.20. The van der Waals surface area contributed by atoms with Gasteiger partial charge in [-0.1, -0.05) is 36.4 Å². The first-order valence-corrected chi connectivity index (χ1v) is 7.12. The van der Waals surface area contributed by atoms with Crippen LogP contribution in [0, 0.1) is 5.95 Å². The average molecular weight is 307 g/mol. The summed E-state index contributed by atoms with van der Waals surface area (Å²) in [5.41, 5.74) is 1.82. The Balaban J connectivity index is 1.92. The van der Waals surface area contributed by atoms with Crippen LogP contribution < -0.4 is 5.32 Å². The fourth-order valence-electron chi connectivity index (χ4n) is 2.28. The van der Waals surface area contributed by atoms with Gasteiger partial charge in [0.2, 0.25) is 5.95 Å². The third-order valence-electron chi connectivity index (χ3n) is 3.38. The molecule has 1 atom stereocenters. The van der Waals surface area contributed by atoms with Gasteiger partial charge in [-0.25, -0.2) is 4.98 Å². The van der Waals surface area contributed by atoms with Crippen LogP contribution in [-0.4, -0.2) is 15.9 Å². The summed E-state index contributed by atoms with van der Waals surface area (Å²) in [6, 6.07) is 17.2. The van der Waals surface area contributed by atoms with Crippen LogP contribution >= 0.6 is 0 Å². The minimum Gasteiger partial charge on any atom is -0.340 e. The summed E-state index contributed by atoms with van der Waals surface area (Å²) in [5.74, 6) is -1.07. The molecule has 114 valence electrons. The topological polar surface area (TPSA) is 54.9 Å². The quantitative estimate of drug-likeness (QED) is 0.753. The SMILES string of the molecule is O=C(N[C@H](c1ccccc1)c1ccccn1)c1ccnc(F)c1. The van der Waals surface area contributed by atoms with Crippen LogP contribution in [0.25, 0.3) is 0 Å². The van der Waals surface area contributed by atoms with Crippen molar-refractivity contribution in [3.63, 3.8) is 0 Å². The first-order chi connectivity index (χ1) is 11.2. The van der Waals surface area contributed by atoms with E-state index in [0.717, 1.165) is 11.6 Å². The summed E-state index contributed by atoms with van der Waals surface area (Å²) >= 11 is 0. The molecule has 0 bridgehead atoms. The Bertz CT molecular complexity index is 754. The number of nitrogens with one attached hydrogen (secondary N) is 1. The molecule has 1 amide bonds. The molecule has 0 aliphatic rings. The Morgan fingerprint density at radius 2 is 1.74 bits per heavy atom. The fraction of sp³-hybridized carbons (Fsp3) is 0.0556. The number of hydrogen-bond donors (Lipinski definition) is 1. The molecule has 2 heterocycles.